The van der Waals surface area contributed by atoms with Gasteiger partial charge in [-0.15, -0.1) is 0 Å². The first-order chi connectivity index (χ1) is 11.2. The molecule has 3 rings (SSSR count). The minimum absolute atomic E-state index is 0.102. The fraction of sp³-hybridized carbons (Fsp3) is 0.529. The molecule has 5 nitrogen and oxygen atoms in total. The lowest BCUT2D eigenvalue weighted by Crippen LogP contribution is -2.40. The number of para-hydroxylation sites is 2. The lowest BCUT2D eigenvalue weighted by Gasteiger charge is -2.34. The second-order valence-corrected chi connectivity index (χ2v) is 7.02. The first-order valence-electron chi connectivity index (χ1n) is 8.02. The Hall–Kier alpha value is -1.53. The molecule has 0 atom stereocenters. The Labute approximate surface area is 140 Å². The number of carbonyl (C=O) groups excluding carboxylic acids is 1. The van der Waals surface area contributed by atoms with Crippen LogP contribution in [0.2, 0.25) is 0 Å². The average Bonchev–Trinajstić information content (AvgIpc) is 3.02. The van der Waals surface area contributed by atoms with Crippen LogP contribution in [0.5, 0.6) is 0 Å². The molecule has 0 aliphatic heterocycles. The third-order valence-electron chi connectivity index (χ3n) is 4.61. The Morgan fingerprint density at radius 3 is 2.78 bits per heavy atom. The minimum atomic E-state index is 0.102. The molecule has 0 bridgehead atoms. The van der Waals surface area contributed by atoms with E-state index in [1.54, 1.807) is 0 Å². The summed E-state index contributed by atoms with van der Waals surface area (Å²) in [4.78, 5) is 18.6. The molecule has 6 heteroatoms. The van der Waals surface area contributed by atoms with Gasteiger partial charge in [0.1, 0.15) is 5.52 Å². The average molecular weight is 334 g/mol. The number of carbonyl (C=O) groups is 1. The van der Waals surface area contributed by atoms with Gasteiger partial charge in [0.25, 0.3) is 5.22 Å². The van der Waals surface area contributed by atoms with Crippen molar-refractivity contribution in [3.63, 3.8) is 0 Å². The molecule has 0 radical (unpaired) electrons. The zero-order chi connectivity index (χ0) is 16.2. The van der Waals surface area contributed by atoms with Gasteiger partial charge in [-0.1, -0.05) is 23.9 Å². The predicted molar refractivity (Wildman–Crippen MR) is 90.3 cm³/mol. The molecular formula is C17H22N2O3S. The van der Waals surface area contributed by atoms with Gasteiger partial charge in [-0.25, -0.2) is 4.98 Å². The van der Waals surface area contributed by atoms with E-state index in [2.05, 4.69) is 4.98 Å². The van der Waals surface area contributed by atoms with E-state index in [4.69, 9.17) is 4.42 Å². The van der Waals surface area contributed by atoms with Gasteiger partial charge in [0.15, 0.2) is 5.58 Å². The summed E-state index contributed by atoms with van der Waals surface area (Å²) in [7, 11) is 1.87. The number of nitrogens with zero attached hydrogens (tertiary/aromatic N) is 2. The summed E-state index contributed by atoms with van der Waals surface area (Å²) in [5.74, 6) is 0.845. The molecule has 1 aromatic heterocycles. The van der Waals surface area contributed by atoms with E-state index in [1.165, 1.54) is 11.8 Å². The molecular weight excluding hydrogens is 312 g/mol. The van der Waals surface area contributed by atoms with Crippen LogP contribution < -0.4 is 0 Å². The number of aromatic nitrogens is 1. The summed E-state index contributed by atoms with van der Waals surface area (Å²) in [6.45, 7) is 0.262. The van der Waals surface area contributed by atoms with Crippen LogP contribution in [0.15, 0.2) is 33.9 Å². The summed E-state index contributed by atoms with van der Waals surface area (Å²) < 4.78 is 5.63. The molecule has 2 aromatic rings. The molecule has 1 aliphatic rings. The Morgan fingerprint density at radius 2 is 2.09 bits per heavy atom. The largest absolute Gasteiger partial charge is 0.431 e. The zero-order valence-electron chi connectivity index (χ0n) is 13.3. The van der Waals surface area contributed by atoms with Crippen LogP contribution in [0, 0.1) is 5.92 Å². The van der Waals surface area contributed by atoms with Crippen molar-refractivity contribution in [2.24, 2.45) is 5.92 Å². The molecule has 1 N–H and O–H groups in total. The highest BCUT2D eigenvalue weighted by Gasteiger charge is 2.26. The SMILES string of the molecule is CN(C(=O)CSc1nc2ccccc2o1)C1CCC(CO)CC1. The number of hydrogen-bond donors (Lipinski definition) is 1. The quantitative estimate of drug-likeness (QED) is 0.852. The van der Waals surface area contributed by atoms with E-state index < -0.39 is 0 Å². The van der Waals surface area contributed by atoms with Crippen molar-refractivity contribution in [3.8, 4) is 0 Å². The third-order valence-corrected chi connectivity index (χ3v) is 5.42. The van der Waals surface area contributed by atoms with E-state index >= 15 is 0 Å². The molecule has 1 fully saturated rings. The molecule has 1 aliphatic carbocycles. The van der Waals surface area contributed by atoms with Gasteiger partial charge < -0.3 is 14.4 Å². The lowest BCUT2D eigenvalue weighted by molar-refractivity contribution is -0.129. The fourth-order valence-electron chi connectivity index (χ4n) is 3.06. The molecule has 1 amide bonds. The molecule has 1 saturated carbocycles. The number of aliphatic hydroxyl groups is 1. The van der Waals surface area contributed by atoms with Gasteiger partial charge in [-0.05, 0) is 43.7 Å². The zero-order valence-corrected chi connectivity index (χ0v) is 14.1. The van der Waals surface area contributed by atoms with Crippen LogP contribution in [0.3, 0.4) is 0 Å². The summed E-state index contributed by atoms with van der Waals surface area (Å²) >= 11 is 1.34. The van der Waals surface area contributed by atoms with Crippen LogP contribution in [-0.2, 0) is 4.79 Å². The Bertz CT molecular complexity index is 632. The lowest BCUT2D eigenvalue weighted by atomic mass is 9.86. The van der Waals surface area contributed by atoms with Crippen LogP contribution in [-0.4, -0.2) is 46.3 Å². The van der Waals surface area contributed by atoms with Crippen molar-refractivity contribution in [2.45, 2.75) is 36.9 Å². The van der Waals surface area contributed by atoms with Crippen molar-refractivity contribution >= 4 is 28.8 Å². The number of amides is 1. The number of aliphatic hydroxyl groups excluding tert-OH is 1. The van der Waals surface area contributed by atoms with E-state index in [0.717, 1.165) is 36.8 Å². The van der Waals surface area contributed by atoms with Gasteiger partial charge in [-0.3, -0.25) is 4.79 Å². The molecule has 23 heavy (non-hydrogen) atoms. The van der Waals surface area contributed by atoms with Crippen LogP contribution in [0.1, 0.15) is 25.7 Å². The maximum absolute atomic E-state index is 12.4. The summed E-state index contributed by atoms with van der Waals surface area (Å²) in [5, 5.41) is 9.73. The third kappa shape index (κ3) is 3.87. The molecule has 1 aromatic carbocycles. The van der Waals surface area contributed by atoms with Crippen molar-refractivity contribution in [1.29, 1.82) is 0 Å². The van der Waals surface area contributed by atoms with Crippen molar-refractivity contribution in [2.75, 3.05) is 19.4 Å². The monoisotopic (exact) mass is 334 g/mol. The fourth-order valence-corrected chi connectivity index (χ4v) is 3.82. The van der Waals surface area contributed by atoms with Gasteiger partial charge in [-0.2, -0.15) is 0 Å². The molecule has 0 spiro atoms. The molecule has 0 unspecified atom stereocenters. The van der Waals surface area contributed by atoms with E-state index in [0.29, 0.717) is 16.9 Å². The second-order valence-electron chi connectivity index (χ2n) is 6.10. The first-order valence-corrected chi connectivity index (χ1v) is 9.01. The number of oxazole rings is 1. The normalized spacial score (nSPS) is 21.5. The minimum Gasteiger partial charge on any atom is -0.431 e. The first kappa shape index (κ1) is 16.3. The van der Waals surface area contributed by atoms with Crippen LogP contribution in [0.4, 0.5) is 0 Å². The summed E-state index contributed by atoms with van der Waals surface area (Å²) in [6, 6.07) is 7.88. The van der Waals surface area contributed by atoms with Crippen molar-refractivity contribution in [3.05, 3.63) is 24.3 Å². The number of thioether (sulfide) groups is 1. The topological polar surface area (TPSA) is 66.6 Å². The highest BCUT2D eigenvalue weighted by molar-refractivity contribution is 7.99. The Kier molecular flexibility index (Phi) is 5.23. The Morgan fingerprint density at radius 1 is 1.35 bits per heavy atom. The predicted octanol–water partition coefficient (Wildman–Crippen LogP) is 2.93. The number of hydrogen-bond acceptors (Lipinski definition) is 5. The van der Waals surface area contributed by atoms with E-state index in [1.807, 2.05) is 36.2 Å². The van der Waals surface area contributed by atoms with Crippen LogP contribution >= 0.6 is 11.8 Å². The van der Waals surface area contributed by atoms with Crippen molar-refractivity contribution < 1.29 is 14.3 Å². The molecule has 0 saturated heterocycles. The van der Waals surface area contributed by atoms with Gasteiger partial charge in [0.2, 0.25) is 5.91 Å². The molecule has 124 valence electrons. The standard InChI is InChI=1S/C17H22N2O3S/c1-19(13-8-6-12(10-20)7-9-13)16(21)11-23-17-18-14-4-2-3-5-15(14)22-17/h2-5,12-13,20H,6-11H2,1H3. The number of benzene rings is 1. The summed E-state index contributed by atoms with van der Waals surface area (Å²) in [5.41, 5.74) is 1.57. The maximum Gasteiger partial charge on any atom is 0.257 e. The number of fused-ring (bicyclic) bond motifs is 1. The maximum atomic E-state index is 12.4. The number of rotatable bonds is 5. The summed E-state index contributed by atoms with van der Waals surface area (Å²) in [6.07, 6.45) is 3.94. The van der Waals surface area contributed by atoms with Crippen LogP contribution in [0.25, 0.3) is 11.1 Å². The second kappa shape index (κ2) is 7.36. The molecule has 1 heterocycles. The smallest absolute Gasteiger partial charge is 0.257 e. The highest BCUT2D eigenvalue weighted by Crippen LogP contribution is 2.28. The van der Waals surface area contributed by atoms with E-state index in [-0.39, 0.29) is 18.6 Å². The van der Waals surface area contributed by atoms with E-state index in [9.17, 15) is 9.90 Å². The highest BCUT2D eigenvalue weighted by atomic mass is 32.2. The van der Waals surface area contributed by atoms with Gasteiger partial charge in [0, 0.05) is 19.7 Å². The van der Waals surface area contributed by atoms with Gasteiger partial charge >= 0.3 is 0 Å². The Balaban J connectivity index is 1.52. The van der Waals surface area contributed by atoms with Crippen molar-refractivity contribution in [1.82, 2.24) is 9.88 Å². The van der Waals surface area contributed by atoms with Gasteiger partial charge in [0.05, 0.1) is 5.75 Å².